The highest BCUT2D eigenvalue weighted by Crippen LogP contribution is 2.23. The standard InChI is InChI=1S/C15H15NO2/c1-11-3-7-13(8-4-11)16(2)14-9-5-12(6-10-14)15(17)18/h3-10H,1-2H3,(H,17,18). The fourth-order valence-electron chi connectivity index (χ4n) is 1.75. The third-order valence-electron chi connectivity index (χ3n) is 2.92. The zero-order chi connectivity index (χ0) is 13.1. The van der Waals surface area contributed by atoms with Crippen molar-refractivity contribution in [3.63, 3.8) is 0 Å². The van der Waals surface area contributed by atoms with E-state index in [-0.39, 0.29) is 0 Å². The Morgan fingerprint density at radius 1 is 0.944 bits per heavy atom. The number of hydrogen-bond acceptors (Lipinski definition) is 2. The van der Waals surface area contributed by atoms with Gasteiger partial charge in [0.25, 0.3) is 0 Å². The highest BCUT2D eigenvalue weighted by molar-refractivity contribution is 5.88. The summed E-state index contributed by atoms with van der Waals surface area (Å²) in [5.41, 5.74) is 3.55. The van der Waals surface area contributed by atoms with E-state index in [4.69, 9.17) is 5.11 Å². The molecule has 18 heavy (non-hydrogen) atoms. The molecular weight excluding hydrogens is 226 g/mol. The first-order chi connectivity index (χ1) is 8.58. The molecule has 0 atom stereocenters. The van der Waals surface area contributed by atoms with Crippen LogP contribution in [0.5, 0.6) is 0 Å². The maximum Gasteiger partial charge on any atom is 0.335 e. The Kier molecular flexibility index (Phi) is 3.33. The number of benzene rings is 2. The van der Waals surface area contributed by atoms with E-state index in [0.29, 0.717) is 5.56 Å². The second-order valence-corrected chi connectivity index (χ2v) is 4.25. The maximum absolute atomic E-state index is 10.8. The average Bonchev–Trinajstić information content (AvgIpc) is 2.39. The summed E-state index contributed by atoms with van der Waals surface area (Å²) in [6, 6.07) is 15.0. The molecule has 92 valence electrons. The van der Waals surface area contributed by atoms with E-state index in [1.807, 2.05) is 43.1 Å². The van der Waals surface area contributed by atoms with Crippen LogP contribution in [0.4, 0.5) is 11.4 Å². The van der Waals surface area contributed by atoms with Gasteiger partial charge < -0.3 is 10.0 Å². The van der Waals surface area contributed by atoms with Gasteiger partial charge in [-0.25, -0.2) is 4.79 Å². The Balaban J connectivity index is 2.25. The fraction of sp³-hybridized carbons (Fsp3) is 0.133. The molecule has 0 heterocycles. The zero-order valence-electron chi connectivity index (χ0n) is 10.4. The summed E-state index contributed by atoms with van der Waals surface area (Å²) in [7, 11) is 1.96. The van der Waals surface area contributed by atoms with Gasteiger partial charge in [-0.1, -0.05) is 17.7 Å². The largest absolute Gasteiger partial charge is 0.478 e. The van der Waals surface area contributed by atoms with Crippen LogP contribution in [0.3, 0.4) is 0 Å². The monoisotopic (exact) mass is 241 g/mol. The van der Waals surface area contributed by atoms with Crippen molar-refractivity contribution in [2.45, 2.75) is 6.92 Å². The molecule has 0 spiro atoms. The van der Waals surface area contributed by atoms with Gasteiger partial charge in [0.1, 0.15) is 0 Å². The number of aromatic carboxylic acids is 1. The number of carboxylic acids is 1. The van der Waals surface area contributed by atoms with Crippen molar-refractivity contribution in [1.29, 1.82) is 0 Å². The summed E-state index contributed by atoms with van der Waals surface area (Å²) in [4.78, 5) is 12.8. The van der Waals surface area contributed by atoms with Crippen LogP contribution in [0.15, 0.2) is 48.5 Å². The van der Waals surface area contributed by atoms with Crippen LogP contribution in [0, 0.1) is 6.92 Å². The molecule has 0 aromatic heterocycles. The smallest absolute Gasteiger partial charge is 0.335 e. The predicted molar refractivity (Wildman–Crippen MR) is 72.6 cm³/mol. The van der Waals surface area contributed by atoms with Gasteiger partial charge in [-0.2, -0.15) is 0 Å². The molecule has 0 aliphatic heterocycles. The van der Waals surface area contributed by atoms with Crippen molar-refractivity contribution in [3.8, 4) is 0 Å². The maximum atomic E-state index is 10.8. The van der Waals surface area contributed by atoms with Crippen molar-refractivity contribution in [3.05, 3.63) is 59.7 Å². The van der Waals surface area contributed by atoms with Crippen LogP contribution in [0.25, 0.3) is 0 Å². The van der Waals surface area contributed by atoms with Crippen molar-refractivity contribution in [2.75, 3.05) is 11.9 Å². The van der Waals surface area contributed by atoms with Gasteiger partial charge >= 0.3 is 5.97 Å². The van der Waals surface area contributed by atoms with Crippen LogP contribution in [-0.2, 0) is 0 Å². The van der Waals surface area contributed by atoms with Gasteiger partial charge in [-0.15, -0.1) is 0 Å². The molecule has 3 heteroatoms. The van der Waals surface area contributed by atoms with E-state index in [1.165, 1.54) is 5.56 Å². The van der Waals surface area contributed by atoms with Crippen molar-refractivity contribution >= 4 is 17.3 Å². The molecule has 0 aliphatic carbocycles. The Bertz CT molecular complexity index is 544. The lowest BCUT2D eigenvalue weighted by Gasteiger charge is -2.19. The Hall–Kier alpha value is -2.29. The zero-order valence-corrected chi connectivity index (χ0v) is 10.4. The molecule has 2 rings (SSSR count). The Labute approximate surface area is 106 Å². The molecule has 0 amide bonds. The first-order valence-corrected chi connectivity index (χ1v) is 5.71. The fourth-order valence-corrected chi connectivity index (χ4v) is 1.75. The second kappa shape index (κ2) is 4.92. The SMILES string of the molecule is Cc1ccc(N(C)c2ccc(C(=O)O)cc2)cc1. The van der Waals surface area contributed by atoms with Gasteiger partial charge in [-0.05, 0) is 43.3 Å². The van der Waals surface area contributed by atoms with Crippen molar-refractivity contribution in [2.24, 2.45) is 0 Å². The van der Waals surface area contributed by atoms with E-state index in [0.717, 1.165) is 11.4 Å². The predicted octanol–water partition coefficient (Wildman–Crippen LogP) is 3.46. The van der Waals surface area contributed by atoms with Gasteiger partial charge in [-0.3, -0.25) is 0 Å². The van der Waals surface area contributed by atoms with Gasteiger partial charge in [0, 0.05) is 18.4 Å². The summed E-state index contributed by atoms with van der Waals surface area (Å²) in [5.74, 6) is -0.903. The quantitative estimate of drug-likeness (QED) is 0.894. The lowest BCUT2D eigenvalue weighted by Crippen LogP contribution is -2.09. The normalized spacial score (nSPS) is 10.1. The molecule has 0 radical (unpaired) electrons. The molecule has 2 aromatic carbocycles. The minimum Gasteiger partial charge on any atom is -0.478 e. The number of nitrogens with zero attached hydrogens (tertiary/aromatic N) is 1. The molecule has 0 fully saturated rings. The molecule has 0 bridgehead atoms. The van der Waals surface area contributed by atoms with Crippen molar-refractivity contribution in [1.82, 2.24) is 0 Å². The lowest BCUT2D eigenvalue weighted by atomic mass is 10.1. The van der Waals surface area contributed by atoms with E-state index < -0.39 is 5.97 Å². The highest BCUT2D eigenvalue weighted by atomic mass is 16.4. The summed E-state index contributed by atoms with van der Waals surface area (Å²) >= 11 is 0. The molecule has 2 aromatic rings. The summed E-state index contributed by atoms with van der Waals surface area (Å²) in [6.45, 7) is 2.05. The summed E-state index contributed by atoms with van der Waals surface area (Å²) in [6.07, 6.45) is 0. The minimum absolute atomic E-state index is 0.302. The van der Waals surface area contributed by atoms with Crippen LogP contribution < -0.4 is 4.90 Å². The van der Waals surface area contributed by atoms with E-state index in [1.54, 1.807) is 12.1 Å². The van der Waals surface area contributed by atoms with E-state index in [9.17, 15) is 4.79 Å². The highest BCUT2D eigenvalue weighted by Gasteiger charge is 2.06. The van der Waals surface area contributed by atoms with Crippen molar-refractivity contribution < 1.29 is 9.90 Å². The third-order valence-corrected chi connectivity index (χ3v) is 2.92. The number of carboxylic acid groups (broad SMARTS) is 1. The molecule has 1 N–H and O–H groups in total. The molecule has 0 aliphatic rings. The third kappa shape index (κ3) is 2.51. The van der Waals surface area contributed by atoms with Gasteiger partial charge in [0.15, 0.2) is 0 Å². The first kappa shape index (κ1) is 12.2. The Morgan fingerprint density at radius 3 is 1.83 bits per heavy atom. The van der Waals surface area contributed by atoms with Gasteiger partial charge in [0.2, 0.25) is 0 Å². The Morgan fingerprint density at radius 2 is 1.39 bits per heavy atom. The van der Waals surface area contributed by atoms with Crippen LogP contribution >= 0.6 is 0 Å². The average molecular weight is 241 g/mol. The molecular formula is C15H15NO2. The lowest BCUT2D eigenvalue weighted by molar-refractivity contribution is 0.0697. The second-order valence-electron chi connectivity index (χ2n) is 4.25. The van der Waals surface area contributed by atoms with Crippen LogP contribution in [-0.4, -0.2) is 18.1 Å². The van der Waals surface area contributed by atoms with Gasteiger partial charge in [0.05, 0.1) is 5.56 Å². The number of carbonyl (C=O) groups is 1. The molecule has 0 saturated heterocycles. The van der Waals surface area contributed by atoms with Crippen LogP contribution in [0.1, 0.15) is 15.9 Å². The topological polar surface area (TPSA) is 40.5 Å². The molecule has 3 nitrogen and oxygen atoms in total. The van der Waals surface area contributed by atoms with E-state index in [2.05, 4.69) is 12.1 Å². The number of aryl methyl sites for hydroxylation is 1. The minimum atomic E-state index is -0.903. The molecule has 0 unspecified atom stereocenters. The number of anilines is 2. The molecule has 0 saturated carbocycles. The van der Waals surface area contributed by atoms with Crippen LogP contribution in [0.2, 0.25) is 0 Å². The summed E-state index contributed by atoms with van der Waals surface area (Å²) in [5, 5.41) is 8.85. The summed E-state index contributed by atoms with van der Waals surface area (Å²) < 4.78 is 0. The van der Waals surface area contributed by atoms with E-state index >= 15 is 0 Å². The first-order valence-electron chi connectivity index (χ1n) is 5.71. The number of rotatable bonds is 3. The number of hydrogen-bond donors (Lipinski definition) is 1.